The summed E-state index contributed by atoms with van der Waals surface area (Å²) in [5.41, 5.74) is 1.48. The summed E-state index contributed by atoms with van der Waals surface area (Å²) in [5, 5.41) is 5.56. The molecule has 1 atom stereocenters. The highest BCUT2D eigenvalue weighted by atomic mass is 19.2. The number of nitrogens with one attached hydrogen (secondary N) is 2. The number of carbonyl (C=O) groups excluding carboxylic acids is 2. The van der Waals surface area contributed by atoms with Gasteiger partial charge in [0.2, 0.25) is 11.8 Å². The molecule has 0 spiro atoms. The summed E-state index contributed by atoms with van der Waals surface area (Å²) in [6, 6.07) is 7.74. The third-order valence-electron chi connectivity index (χ3n) is 4.51. The van der Waals surface area contributed by atoms with Gasteiger partial charge in [0.05, 0.1) is 12.8 Å². The molecule has 2 aromatic carbocycles. The van der Waals surface area contributed by atoms with Crippen molar-refractivity contribution in [1.29, 1.82) is 0 Å². The number of nitrogens with zero attached hydrogens (tertiary/aromatic N) is 1. The molecule has 2 aromatic rings. The maximum Gasteiger partial charge on any atom is 0.246 e. The van der Waals surface area contributed by atoms with Crippen LogP contribution >= 0.6 is 0 Å². The Hall–Kier alpha value is -3.16. The second kappa shape index (κ2) is 8.24. The minimum atomic E-state index is -1.03. The molecule has 1 aliphatic heterocycles. The topological polar surface area (TPSA) is 70.7 Å². The Balaban J connectivity index is 1.69. The minimum Gasteiger partial charge on any atom is -0.494 e. The molecule has 1 heterocycles. The van der Waals surface area contributed by atoms with E-state index in [2.05, 4.69) is 10.6 Å². The van der Waals surface area contributed by atoms with Crippen molar-refractivity contribution in [3.05, 3.63) is 48.0 Å². The minimum absolute atomic E-state index is 0.0540. The molecule has 2 amide bonds. The van der Waals surface area contributed by atoms with Gasteiger partial charge in [-0.1, -0.05) is 0 Å². The van der Waals surface area contributed by atoms with Crippen molar-refractivity contribution in [3.63, 3.8) is 0 Å². The molecule has 0 radical (unpaired) electrons. The Labute approximate surface area is 161 Å². The number of amides is 2. The van der Waals surface area contributed by atoms with Gasteiger partial charge in [-0.25, -0.2) is 8.78 Å². The van der Waals surface area contributed by atoms with Crippen molar-refractivity contribution in [3.8, 4) is 5.75 Å². The van der Waals surface area contributed by atoms with E-state index in [0.717, 1.165) is 18.6 Å². The first kappa shape index (κ1) is 19.6. The first-order valence-electron chi connectivity index (χ1n) is 8.90. The quantitative estimate of drug-likeness (QED) is 0.793. The molecule has 1 saturated heterocycles. The van der Waals surface area contributed by atoms with Crippen LogP contribution in [-0.2, 0) is 9.59 Å². The molecular weight excluding hydrogens is 368 g/mol. The summed E-state index contributed by atoms with van der Waals surface area (Å²) in [6.45, 7) is 2.29. The molecule has 8 heteroatoms. The van der Waals surface area contributed by atoms with Gasteiger partial charge in [-0.15, -0.1) is 0 Å². The number of methoxy groups -OCH3 is 1. The van der Waals surface area contributed by atoms with Crippen LogP contribution in [0.25, 0.3) is 0 Å². The number of carbonyl (C=O) groups is 2. The highest BCUT2D eigenvalue weighted by Crippen LogP contribution is 2.34. The number of benzene rings is 2. The SMILES string of the molecule is COc1cc(NC(C)C(=O)Nc2ccc(F)c(F)c2)ccc1N1CCCC1=O. The number of anilines is 3. The number of ether oxygens (including phenoxy) is 1. The van der Waals surface area contributed by atoms with Gasteiger partial charge in [-0.2, -0.15) is 0 Å². The third-order valence-corrected chi connectivity index (χ3v) is 4.51. The van der Waals surface area contributed by atoms with E-state index in [1.165, 1.54) is 13.2 Å². The predicted molar refractivity (Wildman–Crippen MR) is 103 cm³/mol. The molecule has 1 unspecified atom stereocenters. The van der Waals surface area contributed by atoms with Gasteiger partial charge >= 0.3 is 0 Å². The average molecular weight is 389 g/mol. The Bertz CT molecular complexity index is 904. The van der Waals surface area contributed by atoms with E-state index in [4.69, 9.17) is 4.74 Å². The lowest BCUT2D eigenvalue weighted by Crippen LogP contribution is -2.32. The zero-order chi connectivity index (χ0) is 20.3. The molecule has 0 saturated carbocycles. The van der Waals surface area contributed by atoms with E-state index >= 15 is 0 Å². The van der Waals surface area contributed by atoms with Gasteiger partial charge in [0.1, 0.15) is 11.8 Å². The average Bonchev–Trinajstić information content (AvgIpc) is 3.10. The molecule has 3 rings (SSSR count). The Morgan fingerprint density at radius 1 is 1.14 bits per heavy atom. The van der Waals surface area contributed by atoms with Crippen molar-refractivity contribution in [2.45, 2.75) is 25.8 Å². The number of hydrogen-bond donors (Lipinski definition) is 2. The van der Waals surface area contributed by atoms with Crippen LogP contribution in [0.15, 0.2) is 36.4 Å². The summed E-state index contributed by atoms with van der Waals surface area (Å²) >= 11 is 0. The van der Waals surface area contributed by atoms with E-state index in [9.17, 15) is 18.4 Å². The second-order valence-electron chi connectivity index (χ2n) is 6.52. The molecule has 28 heavy (non-hydrogen) atoms. The summed E-state index contributed by atoms with van der Waals surface area (Å²) in [6.07, 6.45) is 1.33. The Morgan fingerprint density at radius 3 is 2.54 bits per heavy atom. The number of hydrogen-bond acceptors (Lipinski definition) is 4. The lowest BCUT2D eigenvalue weighted by atomic mass is 10.2. The van der Waals surface area contributed by atoms with Crippen molar-refractivity contribution >= 4 is 28.9 Å². The van der Waals surface area contributed by atoms with Crippen LogP contribution in [0.3, 0.4) is 0 Å². The molecule has 6 nitrogen and oxygen atoms in total. The normalized spacial score (nSPS) is 14.7. The maximum absolute atomic E-state index is 13.3. The number of halogens is 2. The van der Waals surface area contributed by atoms with Crippen LogP contribution in [0.2, 0.25) is 0 Å². The molecular formula is C20H21F2N3O3. The van der Waals surface area contributed by atoms with Crippen molar-refractivity contribution < 1.29 is 23.1 Å². The van der Waals surface area contributed by atoms with Gasteiger partial charge in [0.15, 0.2) is 11.6 Å². The van der Waals surface area contributed by atoms with E-state index < -0.39 is 23.6 Å². The monoisotopic (exact) mass is 389 g/mol. The van der Waals surface area contributed by atoms with E-state index in [1.807, 2.05) is 0 Å². The second-order valence-corrected chi connectivity index (χ2v) is 6.52. The van der Waals surface area contributed by atoms with Crippen molar-refractivity contribution in [1.82, 2.24) is 0 Å². The molecule has 2 N–H and O–H groups in total. The highest BCUT2D eigenvalue weighted by molar-refractivity contribution is 5.98. The largest absolute Gasteiger partial charge is 0.494 e. The summed E-state index contributed by atoms with van der Waals surface area (Å²) in [4.78, 5) is 26.0. The fraction of sp³-hybridized carbons (Fsp3) is 0.300. The smallest absolute Gasteiger partial charge is 0.246 e. The fourth-order valence-corrected chi connectivity index (χ4v) is 3.03. The fourth-order valence-electron chi connectivity index (χ4n) is 3.03. The lowest BCUT2D eigenvalue weighted by molar-refractivity contribution is -0.117. The summed E-state index contributed by atoms with van der Waals surface area (Å²) < 4.78 is 31.7. The molecule has 148 valence electrons. The van der Waals surface area contributed by atoms with Gasteiger partial charge in [0.25, 0.3) is 0 Å². The number of rotatable bonds is 6. The van der Waals surface area contributed by atoms with Crippen molar-refractivity contribution in [2.24, 2.45) is 0 Å². The zero-order valence-electron chi connectivity index (χ0n) is 15.6. The van der Waals surface area contributed by atoms with Gasteiger partial charge in [-0.05, 0) is 37.6 Å². The van der Waals surface area contributed by atoms with Crippen molar-refractivity contribution in [2.75, 3.05) is 29.2 Å². The molecule has 0 aliphatic carbocycles. The van der Waals surface area contributed by atoms with E-state index in [1.54, 1.807) is 30.0 Å². The van der Waals surface area contributed by atoms with Crippen LogP contribution in [0, 0.1) is 11.6 Å². The molecule has 0 aromatic heterocycles. The summed E-state index contributed by atoms with van der Waals surface area (Å²) in [5.74, 6) is -1.85. The standard InChI is InChI=1S/C20H21F2N3O3/c1-12(20(27)24-13-5-7-15(21)16(22)10-13)23-14-6-8-17(18(11-14)28-2)25-9-3-4-19(25)26/h5-8,10-12,23H,3-4,9H2,1-2H3,(H,24,27). The Kier molecular flexibility index (Phi) is 5.77. The van der Waals surface area contributed by atoms with Gasteiger partial charge in [-0.3, -0.25) is 9.59 Å². The van der Waals surface area contributed by atoms with Crippen LogP contribution in [-0.4, -0.2) is 31.5 Å². The van der Waals surface area contributed by atoms with Crippen LogP contribution < -0.4 is 20.3 Å². The molecule has 1 aliphatic rings. The van der Waals surface area contributed by atoms with Gasteiger partial charge < -0.3 is 20.3 Å². The predicted octanol–water partition coefficient (Wildman–Crippen LogP) is 3.54. The highest BCUT2D eigenvalue weighted by Gasteiger charge is 2.24. The van der Waals surface area contributed by atoms with Crippen LogP contribution in [0.1, 0.15) is 19.8 Å². The third kappa shape index (κ3) is 4.21. The summed E-state index contributed by atoms with van der Waals surface area (Å²) in [7, 11) is 1.52. The Morgan fingerprint density at radius 2 is 1.89 bits per heavy atom. The van der Waals surface area contributed by atoms with Gasteiger partial charge in [0, 0.05) is 36.5 Å². The molecule has 0 bridgehead atoms. The van der Waals surface area contributed by atoms with E-state index in [-0.39, 0.29) is 11.6 Å². The molecule has 1 fully saturated rings. The first-order chi connectivity index (χ1) is 13.4. The van der Waals surface area contributed by atoms with E-state index in [0.29, 0.717) is 30.1 Å². The maximum atomic E-state index is 13.3. The lowest BCUT2D eigenvalue weighted by Gasteiger charge is -2.21. The zero-order valence-corrected chi connectivity index (χ0v) is 15.6. The first-order valence-corrected chi connectivity index (χ1v) is 8.90. The van der Waals surface area contributed by atoms with Crippen LogP contribution in [0.5, 0.6) is 5.75 Å². The van der Waals surface area contributed by atoms with Crippen LogP contribution in [0.4, 0.5) is 25.8 Å².